The first-order valence-corrected chi connectivity index (χ1v) is 7.77. The zero-order chi connectivity index (χ0) is 31.7. The van der Waals surface area contributed by atoms with Crippen molar-refractivity contribution in [2.75, 3.05) is 0 Å². The van der Waals surface area contributed by atoms with Crippen LogP contribution in [0, 0.1) is 0 Å². The van der Waals surface area contributed by atoms with Gasteiger partial charge in [0.05, 0.1) is 0 Å². The Morgan fingerprint density at radius 3 is 0.868 bits per heavy atom. The molecule has 2 nitrogen and oxygen atoms in total. The highest BCUT2D eigenvalue weighted by Crippen LogP contribution is 2.65. The maximum Gasteiger partial charge on any atom is 0.460 e. The van der Waals surface area contributed by atoms with Gasteiger partial charge >= 0.3 is 66.0 Å². The summed E-state index contributed by atoms with van der Waals surface area (Å²) in [6, 6.07) is 0. The van der Waals surface area contributed by atoms with Crippen molar-refractivity contribution in [1.29, 1.82) is 0 Å². The number of carbonyl (C=O) groups is 1. The molecule has 0 amide bonds. The third-order valence-corrected chi connectivity index (χ3v) is 4.07. The Hall–Kier alpha value is -2.40. The second-order valence-electron chi connectivity index (χ2n) is 6.57. The van der Waals surface area contributed by atoms with Crippen LogP contribution < -0.4 is 0 Å². The van der Waals surface area contributed by atoms with Crippen LogP contribution in [0.5, 0.6) is 0 Å². The highest BCUT2D eigenvalue weighted by atomic mass is 19.4. The summed E-state index contributed by atoms with van der Waals surface area (Å²) in [4.78, 5) is 10.3. The summed E-state index contributed by atoms with van der Waals surface area (Å²) in [6.07, 6.45) is -23.5. The highest BCUT2D eigenvalue weighted by Gasteiger charge is 2.96. The number of hydrogen-bond acceptors (Lipinski definition) is 1. The van der Waals surface area contributed by atoms with Gasteiger partial charge in [0.2, 0.25) is 0 Å². The molecule has 0 atom stereocenters. The largest absolute Gasteiger partial charge is 0.478 e. The number of allylic oxidation sites excluding steroid dienone is 1. The summed E-state index contributed by atoms with van der Waals surface area (Å²) in [7, 11) is 0. The predicted molar refractivity (Wildman–Crippen MR) is 67.5 cm³/mol. The standard InChI is InChI=1S/C13HF23O2/c14-4(15,2(6(19,20)21)1(3(37)38)5(16,17)18)7(22,23)8(24,25)9(26,27)10(28,29)11(30,31)12(32,33)13(34,35)36/h(H,37,38). The first-order chi connectivity index (χ1) is 15.9. The molecular weight excluding hydrogens is 625 g/mol. The van der Waals surface area contributed by atoms with Gasteiger partial charge in [-0.05, 0) is 0 Å². The lowest BCUT2D eigenvalue weighted by Gasteiger charge is -2.43. The van der Waals surface area contributed by atoms with Gasteiger partial charge in [-0.3, -0.25) is 0 Å². The fourth-order valence-corrected chi connectivity index (χ4v) is 2.17. The van der Waals surface area contributed by atoms with E-state index in [2.05, 4.69) is 0 Å². The van der Waals surface area contributed by atoms with Crippen molar-refractivity contribution >= 4 is 5.97 Å². The topological polar surface area (TPSA) is 37.3 Å². The van der Waals surface area contributed by atoms with Crippen LogP contribution in [-0.2, 0) is 4.79 Å². The van der Waals surface area contributed by atoms with Crippen LogP contribution in [-0.4, -0.2) is 71.1 Å². The highest BCUT2D eigenvalue weighted by molar-refractivity contribution is 5.89. The quantitative estimate of drug-likeness (QED) is 0.224. The van der Waals surface area contributed by atoms with Gasteiger partial charge in [0, 0.05) is 0 Å². The molecule has 0 aromatic carbocycles. The van der Waals surface area contributed by atoms with Crippen molar-refractivity contribution < 1.29 is 111 Å². The van der Waals surface area contributed by atoms with Gasteiger partial charge in [0.25, 0.3) is 0 Å². The molecule has 0 aromatic rings. The maximum atomic E-state index is 13.8. The number of halogens is 23. The maximum absolute atomic E-state index is 13.8. The van der Waals surface area contributed by atoms with Gasteiger partial charge in [-0.1, -0.05) is 0 Å². The van der Waals surface area contributed by atoms with Crippen LogP contribution >= 0.6 is 0 Å². The van der Waals surface area contributed by atoms with E-state index in [1.807, 2.05) is 0 Å². The van der Waals surface area contributed by atoms with E-state index < -0.39 is 77.1 Å². The number of hydrogen-bond donors (Lipinski definition) is 1. The van der Waals surface area contributed by atoms with Crippen molar-refractivity contribution in [1.82, 2.24) is 0 Å². The molecule has 226 valence electrons. The van der Waals surface area contributed by atoms with E-state index in [1.165, 1.54) is 0 Å². The van der Waals surface area contributed by atoms with E-state index in [0.717, 1.165) is 0 Å². The molecule has 0 aliphatic rings. The molecule has 0 radical (unpaired) electrons. The minimum Gasteiger partial charge on any atom is -0.478 e. The fourth-order valence-electron chi connectivity index (χ4n) is 2.17. The lowest BCUT2D eigenvalue weighted by Crippen LogP contribution is -2.74. The summed E-state index contributed by atoms with van der Waals surface area (Å²) in [6.45, 7) is 0. The van der Waals surface area contributed by atoms with Crippen molar-refractivity contribution in [2.24, 2.45) is 0 Å². The molecule has 38 heavy (non-hydrogen) atoms. The van der Waals surface area contributed by atoms with Gasteiger partial charge in [-0.2, -0.15) is 101 Å². The molecule has 1 N–H and O–H groups in total. The first kappa shape index (κ1) is 35.6. The van der Waals surface area contributed by atoms with E-state index >= 15 is 0 Å². The second-order valence-corrected chi connectivity index (χ2v) is 6.57. The van der Waals surface area contributed by atoms with Crippen LogP contribution in [0.15, 0.2) is 11.1 Å². The Balaban J connectivity index is 7.66. The average molecular weight is 626 g/mol. The van der Waals surface area contributed by atoms with Gasteiger partial charge in [0.1, 0.15) is 5.57 Å². The zero-order valence-corrected chi connectivity index (χ0v) is 16.0. The molecule has 0 aromatic heterocycles. The lowest BCUT2D eigenvalue weighted by molar-refractivity contribution is -0.460. The lowest BCUT2D eigenvalue weighted by atomic mass is 9.85. The summed E-state index contributed by atoms with van der Waals surface area (Å²) in [5.74, 6) is -68.0. The SMILES string of the molecule is O=C(O)C(=C(C(F)(F)F)C(F)(F)C(F)(F)C(F)(F)C(F)(F)C(F)(F)C(F)(F)C(F)(F)C(F)(F)F)C(F)(F)F. The predicted octanol–water partition coefficient (Wildman–Crippen LogP) is 7.50. The van der Waals surface area contributed by atoms with E-state index in [1.54, 1.807) is 0 Å². The van der Waals surface area contributed by atoms with Gasteiger partial charge in [0.15, 0.2) is 5.57 Å². The molecule has 0 bridgehead atoms. The van der Waals surface area contributed by atoms with Gasteiger partial charge in [-0.25, -0.2) is 4.79 Å². The van der Waals surface area contributed by atoms with Crippen molar-refractivity contribution in [3.05, 3.63) is 11.1 Å². The number of rotatable bonds is 8. The van der Waals surface area contributed by atoms with E-state index in [-0.39, 0.29) is 0 Å². The molecule has 0 fully saturated rings. The number of alkyl halides is 23. The molecule has 0 unspecified atom stereocenters. The van der Waals surface area contributed by atoms with E-state index in [0.29, 0.717) is 0 Å². The fraction of sp³-hybridized carbons (Fsp3) is 0.769. The molecule has 0 aliphatic heterocycles. The van der Waals surface area contributed by atoms with Crippen LogP contribution in [0.4, 0.5) is 101 Å². The molecule has 0 saturated heterocycles. The first-order valence-electron chi connectivity index (χ1n) is 7.77. The third kappa shape index (κ3) is 4.76. The minimum atomic E-state index is -9.39. The molecule has 25 heteroatoms. The van der Waals surface area contributed by atoms with Crippen molar-refractivity contribution in [3.8, 4) is 0 Å². The van der Waals surface area contributed by atoms with Gasteiger partial charge < -0.3 is 5.11 Å². The summed E-state index contributed by atoms with van der Waals surface area (Å²) in [5.41, 5.74) is -10.7. The molecule has 0 saturated carbocycles. The zero-order valence-electron chi connectivity index (χ0n) is 16.0. The number of aliphatic carboxylic acids is 1. The van der Waals surface area contributed by atoms with Gasteiger partial charge in [-0.15, -0.1) is 0 Å². The Morgan fingerprint density at radius 1 is 0.395 bits per heavy atom. The van der Waals surface area contributed by atoms with Crippen LogP contribution in [0.2, 0.25) is 0 Å². The molecule has 0 rings (SSSR count). The average Bonchev–Trinajstić information content (AvgIpc) is 2.61. The van der Waals surface area contributed by atoms with E-state index in [4.69, 9.17) is 5.11 Å². The summed E-state index contributed by atoms with van der Waals surface area (Å²) in [5, 5.41) is 8.04. The Kier molecular flexibility index (Phi) is 8.25. The third-order valence-electron chi connectivity index (χ3n) is 4.07. The Morgan fingerprint density at radius 2 is 0.658 bits per heavy atom. The number of carboxylic acids is 1. The van der Waals surface area contributed by atoms with Crippen LogP contribution in [0.25, 0.3) is 0 Å². The molecular formula is C13HF23O2. The Bertz CT molecular complexity index is 942. The summed E-state index contributed by atoms with van der Waals surface area (Å²) < 4.78 is 298. The van der Waals surface area contributed by atoms with E-state index in [9.17, 15) is 106 Å². The second kappa shape index (κ2) is 8.81. The normalized spacial score (nSPS) is 16.9. The molecule has 0 heterocycles. The number of carboxylic acid groups (broad SMARTS) is 1. The van der Waals surface area contributed by atoms with Crippen molar-refractivity contribution in [2.45, 2.75) is 60.0 Å². The monoisotopic (exact) mass is 626 g/mol. The molecule has 0 spiro atoms. The summed E-state index contributed by atoms with van der Waals surface area (Å²) >= 11 is 0. The minimum absolute atomic E-state index is 4.38. The smallest absolute Gasteiger partial charge is 0.460 e. The Labute approximate surface area is 189 Å². The van der Waals surface area contributed by atoms with Crippen molar-refractivity contribution in [3.63, 3.8) is 0 Å². The van der Waals surface area contributed by atoms with Crippen LogP contribution in [0.1, 0.15) is 0 Å². The molecule has 0 aliphatic carbocycles. The van der Waals surface area contributed by atoms with Crippen LogP contribution in [0.3, 0.4) is 0 Å².